The maximum absolute atomic E-state index is 12.7. The Morgan fingerprint density at radius 3 is 2.36 bits per heavy atom. The van der Waals surface area contributed by atoms with Crippen LogP contribution >= 0.6 is 36.1 Å². The topological polar surface area (TPSA) is 364 Å². The maximum atomic E-state index is 12.7. The van der Waals surface area contributed by atoms with E-state index in [0.29, 0.717) is 12.3 Å². The Kier molecular flexibility index (Phi) is 15.0. The highest BCUT2D eigenvalue weighted by Gasteiger charge is 2.50. The van der Waals surface area contributed by atoms with Crippen LogP contribution in [0.5, 0.6) is 0 Å². The summed E-state index contributed by atoms with van der Waals surface area (Å²) in [5.41, 5.74) is 4.09. The summed E-state index contributed by atoms with van der Waals surface area (Å²) in [5, 5.41) is 26.3. The van der Waals surface area contributed by atoms with Gasteiger partial charge in [-0.25, -0.2) is 28.6 Å². The molecule has 24 nitrogen and oxygen atoms in total. The minimum atomic E-state index is -5.61. The number of nitrogen functional groups attached to an aromatic ring is 1. The smallest absolute Gasteiger partial charge is 0.386 e. The minimum Gasteiger partial charge on any atom is -0.386 e. The van der Waals surface area contributed by atoms with Crippen molar-refractivity contribution in [2.75, 3.05) is 37.8 Å². The SMILES string of the molecule is C=C(C)C(=O)c1nc(N)c2ncn([C@@H]3O[C@H](COP(=O)(O)OP(=O)(O)OCC(C)(C)[C@@H](O)C(=O)NCCC(=O)NCCS)[C@@H](OP(=O)(O)O)[C@H]3O)c2n1. The minimum absolute atomic E-state index is 0.0521. The number of phosphoric ester groups is 3. The van der Waals surface area contributed by atoms with E-state index in [1.807, 2.05) is 0 Å². The lowest BCUT2D eigenvalue weighted by molar-refractivity contribution is -0.137. The molecule has 3 heterocycles. The van der Waals surface area contributed by atoms with E-state index in [9.17, 15) is 57.9 Å². The van der Waals surface area contributed by atoms with Gasteiger partial charge in [-0.05, 0) is 12.5 Å². The molecule has 2 aromatic rings. The lowest BCUT2D eigenvalue weighted by atomic mass is 9.87. The van der Waals surface area contributed by atoms with Crippen molar-refractivity contribution in [2.45, 2.75) is 57.8 Å². The fourth-order valence-corrected chi connectivity index (χ4v) is 7.44. The normalized spacial score (nSPS) is 22.2. The molecule has 2 amide bonds. The number of nitrogens with one attached hydrogen (secondary N) is 2. The zero-order chi connectivity index (χ0) is 40.1. The quantitative estimate of drug-likeness (QED) is 0.0334. The number of allylic oxidation sites excluding steroid dienone is 1. The second-order valence-corrected chi connectivity index (χ2v) is 16.8. The Morgan fingerprint density at radius 2 is 1.75 bits per heavy atom. The average Bonchev–Trinajstić information content (AvgIpc) is 3.60. The van der Waals surface area contributed by atoms with Gasteiger partial charge in [0, 0.05) is 30.7 Å². The number of carbonyl (C=O) groups is 3. The Balaban J connectivity index is 1.69. The molecule has 298 valence electrons. The van der Waals surface area contributed by atoms with Gasteiger partial charge in [0.1, 0.15) is 29.9 Å². The summed E-state index contributed by atoms with van der Waals surface area (Å²) in [7, 11) is -16.5. The van der Waals surface area contributed by atoms with Crippen molar-refractivity contribution in [3.05, 3.63) is 24.3 Å². The molecular weight excluding hydrogens is 795 g/mol. The highest BCUT2D eigenvalue weighted by Crippen LogP contribution is 2.61. The number of imidazole rings is 1. The summed E-state index contributed by atoms with van der Waals surface area (Å²) in [5.74, 6) is -2.31. The van der Waals surface area contributed by atoms with Crippen LogP contribution in [-0.2, 0) is 45.9 Å². The lowest BCUT2D eigenvalue weighted by Crippen LogP contribution is -2.46. The van der Waals surface area contributed by atoms with Gasteiger partial charge >= 0.3 is 23.5 Å². The number of anilines is 1. The number of nitrogens with two attached hydrogens (primary N) is 1. The van der Waals surface area contributed by atoms with Crippen molar-refractivity contribution < 1.29 is 80.5 Å². The number of hydrogen-bond acceptors (Lipinski definition) is 18. The van der Waals surface area contributed by atoms with Crippen LogP contribution in [0.4, 0.5) is 5.82 Å². The van der Waals surface area contributed by atoms with Crippen LogP contribution in [-0.4, -0.2) is 123 Å². The van der Waals surface area contributed by atoms with Crippen LogP contribution in [0.15, 0.2) is 18.5 Å². The van der Waals surface area contributed by atoms with E-state index in [1.165, 1.54) is 20.8 Å². The largest absolute Gasteiger partial charge is 0.481 e. The van der Waals surface area contributed by atoms with E-state index < -0.39 is 90.3 Å². The Bertz CT molecular complexity index is 1840. The molecule has 3 rings (SSSR count). The van der Waals surface area contributed by atoms with Gasteiger partial charge in [-0.1, -0.05) is 20.4 Å². The van der Waals surface area contributed by atoms with Gasteiger partial charge in [0.25, 0.3) is 0 Å². The van der Waals surface area contributed by atoms with Crippen LogP contribution in [0, 0.1) is 5.41 Å². The molecule has 0 radical (unpaired) electrons. The molecule has 1 saturated heterocycles. The average molecular weight is 836 g/mol. The Labute approximate surface area is 306 Å². The van der Waals surface area contributed by atoms with Crippen molar-refractivity contribution >= 4 is 70.7 Å². The van der Waals surface area contributed by atoms with Gasteiger partial charge in [-0.3, -0.25) is 32.5 Å². The number of phosphoric acid groups is 3. The van der Waals surface area contributed by atoms with Crippen LogP contribution in [0.2, 0.25) is 0 Å². The predicted octanol–water partition coefficient (Wildman–Crippen LogP) is -0.906. The van der Waals surface area contributed by atoms with Crippen LogP contribution in [0.3, 0.4) is 0 Å². The zero-order valence-electron chi connectivity index (χ0n) is 28.2. The molecule has 7 atom stereocenters. The fraction of sp³-hybridized carbons (Fsp3) is 0.600. The first-order valence-corrected chi connectivity index (χ1v) is 20.3. The number of aliphatic hydroxyl groups is 2. The molecule has 0 spiro atoms. The number of carbonyl (C=O) groups excluding carboxylic acids is 3. The molecule has 28 heteroatoms. The molecule has 0 bridgehead atoms. The van der Waals surface area contributed by atoms with Gasteiger partial charge in [-0.2, -0.15) is 16.9 Å². The molecule has 1 fully saturated rings. The Morgan fingerprint density at radius 1 is 1.11 bits per heavy atom. The molecule has 1 aliphatic heterocycles. The second kappa shape index (κ2) is 17.8. The molecule has 2 aromatic heterocycles. The van der Waals surface area contributed by atoms with E-state index in [1.54, 1.807) is 0 Å². The summed E-state index contributed by atoms with van der Waals surface area (Å²) < 4.78 is 62.0. The number of amides is 2. The number of hydrogen-bond donors (Lipinski definition) is 10. The first-order valence-electron chi connectivity index (χ1n) is 15.1. The highest BCUT2D eigenvalue weighted by atomic mass is 32.1. The van der Waals surface area contributed by atoms with Gasteiger partial charge in [-0.15, -0.1) is 0 Å². The van der Waals surface area contributed by atoms with E-state index >= 15 is 0 Å². The van der Waals surface area contributed by atoms with E-state index in [2.05, 4.69) is 53.6 Å². The third-order valence-corrected chi connectivity index (χ3v) is 10.5. The second-order valence-electron chi connectivity index (χ2n) is 12.1. The molecule has 10 N–H and O–H groups in total. The summed E-state index contributed by atoms with van der Waals surface area (Å²) in [6, 6.07) is 0. The molecule has 2 unspecified atom stereocenters. The van der Waals surface area contributed by atoms with E-state index in [4.69, 9.17) is 19.5 Å². The number of fused-ring (bicyclic) bond motifs is 1. The Hall–Kier alpha value is -2.70. The van der Waals surface area contributed by atoms with Crippen molar-refractivity contribution in [1.82, 2.24) is 30.2 Å². The van der Waals surface area contributed by atoms with Gasteiger partial charge in [0.2, 0.25) is 23.4 Å². The fourth-order valence-electron chi connectivity index (χ4n) is 4.50. The number of Topliss-reactive ketones (excluding diaryl/α,β-unsaturated/α-hetero) is 1. The third kappa shape index (κ3) is 12.4. The van der Waals surface area contributed by atoms with Crippen LogP contribution < -0.4 is 16.4 Å². The summed E-state index contributed by atoms with van der Waals surface area (Å²) in [6.45, 7) is 5.47. The first-order chi connectivity index (χ1) is 24.4. The molecule has 0 aromatic carbocycles. The zero-order valence-corrected chi connectivity index (χ0v) is 31.8. The molecule has 53 heavy (non-hydrogen) atoms. The van der Waals surface area contributed by atoms with Crippen molar-refractivity contribution in [1.29, 1.82) is 0 Å². The van der Waals surface area contributed by atoms with Crippen molar-refractivity contribution in [2.24, 2.45) is 5.41 Å². The summed E-state index contributed by atoms with van der Waals surface area (Å²) in [4.78, 5) is 87.7. The van der Waals surface area contributed by atoms with Crippen molar-refractivity contribution in [3.63, 3.8) is 0 Å². The summed E-state index contributed by atoms with van der Waals surface area (Å²) >= 11 is 3.95. The number of ketones is 1. The monoisotopic (exact) mass is 835 g/mol. The van der Waals surface area contributed by atoms with E-state index in [0.717, 1.165) is 10.9 Å². The molecule has 0 aliphatic carbocycles. The molecule has 0 saturated carbocycles. The van der Waals surface area contributed by atoms with E-state index in [-0.39, 0.29) is 41.4 Å². The standard InChI is InChI=1S/C25H40N7O17P3S/c1-12(2)16(34)21-30-20(26)15-22(31-21)32(11-29-15)24-17(35)18(48-50(38,39)40)13(47-24)9-45-51(41,42)49-52(43,44)46-10-25(3,4)19(36)23(37)28-6-5-14(33)27-7-8-53/h11,13,17-19,24,35-36,53H,1,5-10H2,2-4H3,(H,27,33)(H,28,37)(H,41,42)(H,43,44)(H2,26,30,31)(H2,38,39,40)/t13-,17-,18-,19+,24-/m1/s1. The summed E-state index contributed by atoms with van der Waals surface area (Å²) in [6.07, 6.45) is -8.41. The highest BCUT2D eigenvalue weighted by molar-refractivity contribution is 7.80. The third-order valence-electron chi connectivity index (χ3n) is 7.16. The van der Waals surface area contributed by atoms with Crippen molar-refractivity contribution in [3.8, 4) is 0 Å². The number of thiol groups is 1. The van der Waals surface area contributed by atoms with Crippen LogP contribution in [0.1, 0.15) is 44.0 Å². The number of rotatable bonds is 20. The van der Waals surface area contributed by atoms with Gasteiger partial charge < -0.3 is 50.9 Å². The number of nitrogens with zero attached hydrogens (tertiary/aromatic N) is 4. The number of aliphatic hydroxyl groups excluding tert-OH is 2. The van der Waals surface area contributed by atoms with Gasteiger partial charge in [0.15, 0.2) is 17.7 Å². The van der Waals surface area contributed by atoms with Gasteiger partial charge in [0.05, 0.1) is 19.5 Å². The number of aromatic nitrogens is 4. The maximum Gasteiger partial charge on any atom is 0.481 e. The first kappa shape index (κ1) is 44.7. The number of ether oxygens (including phenoxy) is 1. The van der Waals surface area contributed by atoms with Crippen LogP contribution in [0.25, 0.3) is 11.2 Å². The molecule has 1 aliphatic rings. The lowest BCUT2D eigenvalue weighted by Gasteiger charge is -2.30. The predicted molar refractivity (Wildman–Crippen MR) is 183 cm³/mol. The molecular formula is C25H40N7O17P3S.